The SMILES string of the molecule is CN(C)C1(C(N)c2cccs2)CCCCCC1. The van der Waals surface area contributed by atoms with Crippen molar-refractivity contribution >= 4 is 11.3 Å². The first-order valence-electron chi connectivity index (χ1n) is 6.63. The number of likely N-dealkylation sites (N-methyl/N-ethyl adjacent to an activating group) is 1. The van der Waals surface area contributed by atoms with Gasteiger partial charge in [0.1, 0.15) is 0 Å². The van der Waals surface area contributed by atoms with Crippen molar-refractivity contribution in [3.05, 3.63) is 22.4 Å². The first-order chi connectivity index (χ1) is 8.17. The van der Waals surface area contributed by atoms with Gasteiger partial charge in [0.05, 0.1) is 6.04 Å². The molecule has 96 valence electrons. The van der Waals surface area contributed by atoms with E-state index in [2.05, 4.69) is 36.5 Å². The second-order valence-electron chi connectivity index (χ2n) is 5.41. The van der Waals surface area contributed by atoms with Crippen LogP contribution in [-0.4, -0.2) is 24.5 Å². The molecule has 1 fully saturated rings. The molecule has 0 aromatic carbocycles. The van der Waals surface area contributed by atoms with Crippen molar-refractivity contribution in [2.24, 2.45) is 5.73 Å². The molecular weight excluding hydrogens is 228 g/mol. The minimum atomic E-state index is 0.163. The Balaban J connectivity index is 2.26. The van der Waals surface area contributed by atoms with Crippen molar-refractivity contribution in [1.29, 1.82) is 0 Å². The molecule has 0 radical (unpaired) electrons. The van der Waals surface area contributed by atoms with Crippen LogP contribution >= 0.6 is 11.3 Å². The Morgan fingerprint density at radius 1 is 1.24 bits per heavy atom. The van der Waals surface area contributed by atoms with E-state index in [9.17, 15) is 0 Å². The van der Waals surface area contributed by atoms with Gasteiger partial charge < -0.3 is 10.6 Å². The molecule has 1 aromatic heterocycles. The van der Waals surface area contributed by atoms with Gasteiger partial charge in [-0.05, 0) is 38.4 Å². The van der Waals surface area contributed by atoms with Crippen molar-refractivity contribution in [3.63, 3.8) is 0 Å². The van der Waals surface area contributed by atoms with E-state index in [-0.39, 0.29) is 11.6 Å². The lowest BCUT2D eigenvalue weighted by Crippen LogP contribution is -2.51. The van der Waals surface area contributed by atoms with Crippen molar-refractivity contribution in [3.8, 4) is 0 Å². The molecule has 0 spiro atoms. The van der Waals surface area contributed by atoms with Gasteiger partial charge in [0.25, 0.3) is 0 Å². The highest BCUT2D eigenvalue weighted by atomic mass is 32.1. The van der Waals surface area contributed by atoms with Crippen LogP contribution in [0.2, 0.25) is 0 Å². The van der Waals surface area contributed by atoms with E-state index in [0.29, 0.717) is 0 Å². The zero-order chi connectivity index (χ0) is 12.3. The molecule has 1 aliphatic rings. The van der Waals surface area contributed by atoms with Crippen LogP contribution in [-0.2, 0) is 0 Å². The van der Waals surface area contributed by atoms with E-state index in [1.165, 1.54) is 43.4 Å². The van der Waals surface area contributed by atoms with Crippen LogP contribution in [0.4, 0.5) is 0 Å². The summed E-state index contributed by atoms with van der Waals surface area (Å²) in [5.74, 6) is 0. The Morgan fingerprint density at radius 2 is 1.88 bits per heavy atom. The minimum Gasteiger partial charge on any atom is -0.322 e. The Bertz CT molecular complexity index is 324. The quantitative estimate of drug-likeness (QED) is 0.835. The third kappa shape index (κ3) is 2.56. The van der Waals surface area contributed by atoms with E-state index in [1.807, 2.05) is 0 Å². The van der Waals surface area contributed by atoms with Gasteiger partial charge in [0, 0.05) is 10.4 Å². The van der Waals surface area contributed by atoms with E-state index < -0.39 is 0 Å². The summed E-state index contributed by atoms with van der Waals surface area (Å²) < 4.78 is 0. The average Bonchev–Trinajstić information content (AvgIpc) is 2.72. The Morgan fingerprint density at radius 3 is 2.35 bits per heavy atom. The zero-order valence-electron chi connectivity index (χ0n) is 11.0. The standard InChI is InChI=1S/C14H24N2S/c1-16(2)14(9-5-3-4-6-10-14)13(15)12-8-7-11-17-12/h7-8,11,13H,3-6,9-10,15H2,1-2H3. The molecule has 1 unspecified atom stereocenters. The van der Waals surface area contributed by atoms with Crippen LogP contribution in [0.15, 0.2) is 17.5 Å². The van der Waals surface area contributed by atoms with Gasteiger partial charge >= 0.3 is 0 Å². The molecule has 0 amide bonds. The predicted molar refractivity (Wildman–Crippen MR) is 75.4 cm³/mol. The fourth-order valence-electron chi connectivity index (χ4n) is 3.11. The molecule has 3 heteroatoms. The van der Waals surface area contributed by atoms with Gasteiger partial charge in [-0.15, -0.1) is 11.3 Å². The Kier molecular flexibility index (Phi) is 4.23. The Labute approximate surface area is 109 Å². The fourth-order valence-corrected chi connectivity index (χ4v) is 3.95. The van der Waals surface area contributed by atoms with Crippen LogP contribution in [0.5, 0.6) is 0 Å². The largest absolute Gasteiger partial charge is 0.322 e. The van der Waals surface area contributed by atoms with Gasteiger partial charge in [0.2, 0.25) is 0 Å². The summed E-state index contributed by atoms with van der Waals surface area (Å²) in [5, 5.41) is 2.13. The molecule has 1 saturated carbocycles. The highest BCUT2D eigenvalue weighted by Crippen LogP contribution is 2.40. The monoisotopic (exact) mass is 252 g/mol. The van der Waals surface area contributed by atoms with Crippen LogP contribution < -0.4 is 5.73 Å². The number of rotatable bonds is 3. The minimum absolute atomic E-state index is 0.163. The van der Waals surface area contributed by atoms with E-state index in [0.717, 1.165) is 0 Å². The summed E-state index contributed by atoms with van der Waals surface area (Å²) in [6.45, 7) is 0. The maximum absolute atomic E-state index is 6.59. The molecule has 1 aromatic rings. The van der Waals surface area contributed by atoms with Crippen molar-refractivity contribution in [1.82, 2.24) is 4.90 Å². The van der Waals surface area contributed by atoms with Gasteiger partial charge in [-0.2, -0.15) is 0 Å². The first-order valence-corrected chi connectivity index (χ1v) is 7.51. The van der Waals surface area contributed by atoms with E-state index in [4.69, 9.17) is 5.73 Å². The van der Waals surface area contributed by atoms with Gasteiger partial charge in [0.15, 0.2) is 0 Å². The third-order valence-corrected chi connectivity index (χ3v) is 5.24. The summed E-state index contributed by atoms with van der Waals surface area (Å²) in [4.78, 5) is 3.71. The molecule has 17 heavy (non-hydrogen) atoms. The number of hydrogen-bond donors (Lipinski definition) is 1. The predicted octanol–water partition coefficient (Wildman–Crippen LogP) is 3.40. The summed E-state index contributed by atoms with van der Waals surface area (Å²) in [7, 11) is 4.39. The average molecular weight is 252 g/mol. The second-order valence-corrected chi connectivity index (χ2v) is 6.38. The van der Waals surface area contributed by atoms with Crippen molar-refractivity contribution in [2.75, 3.05) is 14.1 Å². The lowest BCUT2D eigenvalue weighted by molar-refractivity contribution is 0.0982. The lowest BCUT2D eigenvalue weighted by Gasteiger charge is -2.44. The van der Waals surface area contributed by atoms with Crippen LogP contribution in [0, 0.1) is 0 Å². The molecule has 1 atom stereocenters. The number of nitrogens with zero attached hydrogens (tertiary/aromatic N) is 1. The maximum Gasteiger partial charge on any atom is 0.0576 e. The highest BCUT2D eigenvalue weighted by molar-refractivity contribution is 7.10. The summed E-state index contributed by atoms with van der Waals surface area (Å²) in [6.07, 6.45) is 7.84. The van der Waals surface area contributed by atoms with Gasteiger partial charge in [-0.1, -0.05) is 31.7 Å². The fraction of sp³-hybridized carbons (Fsp3) is 0.714. The lowest BCUT2D eigenvalue weighted by atomic mass is 9.81. The molecule has 2 N–H and O–H groups in total. The molecule has 2 nitrogen and oxygen atoms in total. The molecular formula is C14H24N2S. The number of hydrogen-bond acceptors (Lipinski definition) is 3. The van der Waals surface area contributed by atoms with Crippen LogP contribution in [0.3, 0.4) is 0 Å². The molecule has 0 bridgehead atoms. The topological polar surface area (TPSA) is 29.3 Å². The zero-order valence-corrected chi connectivity index (χ0v) is 11.8. The maximum atomic E-state index is 6.59. The molecule has 1 heterocycles. The van der Waals surface area contributed by atoms with Crippen molar-refractivity contribution < 1.29 is 0 Å². The smallest absolute Gasteiger partial charge is 0.0576 e. The number of thiophene rings is 1. The molecule has 1 aliphatic carbocycles. The number of nitrogens with two attached hydrogens (primary N) is 1. The first kappa shape index (κ1) is 13.1. The van der Waals surface area contributed by atoms with Gasteiger partial charge in [-0.25, -0.2) is 0 Å². The molecule has 0 aliphatic heterocycles. The Hall–Kier alpha value is -0.380. The van der Waals surface area contributed by atoms with Gasteiger partial charge in [-0.3, -0.25) is 0 Å². The van der Waals surface area contributed by atoms with Crippen LogP contribution in [0.25, 0.3) is 0 Å². The third-order valence-electron chi connectivity index (χ3n) is 4.29. The normalized spacial score (nSPS) is 22.4. The van der Waals surface area contributed by atoms with Crippen LogP contribution in [0.1, 0.15) is 49.4 Å². The van der Waals surface area contributed by atoms with E-state index >= 15 is 0 Å². The van der Waals surface area contributed by atoms with E-state index in [1.54, 1.807) is 11.3 Å². The summed E-state index contributed by atoms with van der Waals surface area (Å²) in [6, 6.07) is 4.46. The molecule has 2 rings (SSSR count). The second kappa shape index (κ2) is 5.51. The molecule has 0 saturated heterocycles. The highest BCUT2D eigenvalue weighted by Gasteiger charge is 2.40. The summed E-state index contributed by atoms with van der Waals surface area (Å²) in [5.41, 5.74) is 6.76. The van der Waals surface area contributed by atoms with Crippen molar-refractivity contribution in [2.45, 2.75) is 50.1 Å². The summed E-state index contributed by atoms with van der Waals surface area (Å²) >= 11 is 1.80.